The van der Waals surface area contributed by atoms with Crippen molar-refractivity contribution in [1.29, 1.82) is 0 Å². The van der Waals surface area contributed by atoms with Crippen molar-refractivity contribution < 1.29 is 9.53 Å². The average molecular weight is 228 g/mol. The zero-order valence-corrected chi connectivity index (χ0v) is 10.9. The van der Waals surface area contributed by atoms with Gasteiger partial charge in [-0.25, -0.2) is 0 Å². The Hall–Kier alpha value is -0.610. The van der Waals surface area contributed by atoms with E-state index in [2.05, 4.69) is 30.6 Å². The molecule has 0 aliphatic carbocycles. The zero-order chi connectivity index (χ0) is 12.1. The van der Waals surface area contributed by atoms with E-state index in [9.17, 15) is 4.79 Å². The van der Waals surface area contributed by atoms with Gasteiger partial charge in [0.1, 0.15) is 6.04 Å². The molecular weight excluding hydrogens is 204 g/mol. The molecule has 1 heterocycles. The standard InChI is InChI=1S/C12H24N2O2/c1-5-13(6-2)9-10(3)14-8-7-11(14)12(15)16-4/h10-11H,5-9H2,1-4H3. The lowest BCUT2D eigenvalue weighted by Gasteiger charge is -2.44. The Kier molecular flexibility index (Phi) is 5.22. The van der Waals surface area contributed by atoms with Crippen molar-refractivity contribution in [1.82, 2.24) is 9.80 Å². The molecule has 94 valence electrons. The lowest BCUT2D eigenvalue weighted by Crippen LogP contribution is -2.58. The maximum Gasteiger partial charge on any atom is 0.323 e. The van der Waals surface area contributed by atoms with E-state index in [1.54, 1.807) is 0 Å². The van der Waals surface area contributed by atoms with Gasteiger partial charge in [0.15, 0.2) is 0 Å². The van der Waals surface area contributed by atoms with Gasteiger partial charge in [-0.3, -0.25) is 9.69 Å². The van der Waals surface area contributed by atoms with Crippen LogP contribution >= 0.6 is 0 Å². The molecular formula is C12H24N2O2. The summed E-state index contributed by atoms with van der Waals surface area (Å²) < 4.78 is 4.80. The molecule has 16 heavy (non-hydrogen) atoms. The topological polar surface area (TPSA) is 32.8 Å². The molecule has 0 aromatic carbocycles. The SMILES string of the molecule is CCN(CC)CC(C)N1CCC1C(=O)OC. The van der Waals surface area contributed by atoms with Crippen LogP contribution in [0.5, 0.6) is 0 Å². The molecule has 0 bridgehead atoms. The van der Waals surface area contributed by atoms with E-state index in [-0.39, 0.29) is 12.0 Å². The van der Waals surface area contributed by atoms with E-state index in [1.165, 1.54) is 7.11 Å². The first-order valence-electron chi connectivity index (χ1n) is 6.19. The van der Waals surface area contributed by atoms with Gasteiger partial charge in [-0.15, -0.1) is 0 Å². The van der Waals surface area contributed by atoms with Crippen LogP contribution in [0.4, 0.5) is 0 Å². The molecule has 2 atom stereocenters. The summed E-state index contributed by atoms with van der Waals surface area (Å²) in [7, 11) is 1.47. The summed E-state index contributed by atoms with van der Waals surface area (Å²) in [4.78, 5) is 16.1. The lowest BCUT2D eigenvalue weighted by molar-refractivity contribution is -0.153. The molecule has 0 radical (unpaired) electrons. The minimum atomic E-state index is -0.0855. The maximum atomic E-state index is 11.5. The Bertz CT molecular complexity index is 229. The van der Waals surface area contributed by atoms with Crippen LogP contribution in [0.2, 0.25) is 0 Å². The number of hydrogen-bond donors (Lipinski definition) is 0. The smallest absolute Gasteiger partial charge is 0.323 e. The van der Waals surface area contributed by atoms with Crippen LogP contribution in [0.15, 0.2) is 0 Å². The molecule has 0 N–H and O–H groups in total. The molecule has 1 fully saturated rings. The molecule has 0 aromatic heterocycles. The molecule has 4 heteroatoms. The Balaban J connectivity index is 2.42. The largest absolute Gasteiger partial charge is 0.468 e. The Labute approximate surface area is 98.5 Å². The van der Waals surface area contributed by atoms with Crippen molar-refractivity contribution in [2.45, 2.75) is 39.3 Å². The summed E-state index contributed by atoms with van der Waals surface area (Å²) in [6.45, 7) is 10.7. The predicted molar refractivity (Wildman–Crippen MR) is 64.4 cm³/mol. The summed E-state index contributed by atoms with van der Waals surface area (Å²) in [6, 6.07) is 0.424. The second-order valence-electron chi connectivity index (χ2n) is 4.40. The van der Waals surface area contributed by atoms with Gasteiger partial charge in [-0.05, 0) is 26.4 Å². The monoisotopic (exact) mass is 228 g/mol. The highest BCUT2D eigenvalue weighted by Gasteiger charge is 2.37. The van der Waals surface area contributed by atoms with Gasteiger partial charge < -0.3 is 9.64 Å². The van der Waals surface area contributed by atoms with Gasteiger partial charge in [-0.1, -0.05) is 13.8 Å². The van der Waals surface area contributed by atoms with Crippen LogP contribution in [-0.2, 0) is 9.53 Å². The summed E-state index contributed by atoms with van der Waals surface area (Å²) in [5, 5.41) is 0. The quantitative estimate of drug-likeness (QED) is 0.634. The number of likely N-dealkylation sites (N-methyl/N-ethyl adjacent to an activating group) is 1. The second kappa shape index (κ2) is 6.21. The highest BCUT2D eigenvalue weighted by atomic mass is 16.5. The highest BCUT2D eigenvalue weighted by Crippen LogP contribution is 2.22. The van der Waals surface area contributed by atoms with Crippen LogP contribution in [0.25, 0.3) is 0 Å². The first kappa shape index (κ1) is 13.5. The molecule has 1 aliphatic rings. The number of likely N-dealkylation sites (tertiary alicyclic amines) is 1. The van der Waals surface area contributed by atoms with Gasteiger partial charge in [-0.2, -0.15) is 0 Å². The fraction of sp³-hybridized carbons (Fsp3) is 0.917. The molecule has 0 spiro atoms. The van der Waals surface area contributed by atoms with Crippen molar-refractivity contribution in [3.8, 4) is 0 Å². The van der Waals surface area contributed by atoms with Gasteiger partial charge >= 0.3 is 5.97 Å². The second-order valence-corrected chi connectivity index (χ2v) is 4.40. The zero-order valence-electron chi connectivity index (χ0n) is 10.9. The third kappa shape index (κ3) is 2.95. The maximum absolute atomic E-state index is 11.5. The van der Waals surface area contributed by atoms with Crippen LogP contribution in [-0.4, -0.2) is 61.1 Å². The van der Waals surface area contributed by atoms with Gasteiger partial charge in [0, 0.05) is 19.1 Å². The first-order chi connectivity index (χ1) is 7.63. The molecule has 0 aromatic rings. The molecule has 2 unspecified atom stereocenters. The third-order valence-electron chi connectivity index (χ3n) is 3.52. The van der Waals surface area contributed by atoms with Gasteiger partial charge in [0.05, 0.1) is 7.11 Å². The molecule has 1 saturated heterocycles. The predicted octanol–water partition coefficient (Wildman–Crippen LogP) is 0.964. The van der Waals surface area contributed by atoms with Crippen molar-refractivity contribution in [3.05, 3.63) is 0 Å². The fourth-order valence-corrected chi connectivity index (χ4v) is 2.28. The summed E-state index contributed by atoms with van der Waals surface area (Å²) in [5.41, 5.74) is 0. The Morgan fingerprint density at radius 3 is 2.50 bits per heavy atom. The lowest BCUT2D eigenvalue weighted by atomic mass is 10.00. The Morgan fingerprint density at radius 1 is 1.50 bits per heavy atom. The summed E-state index contributed by atoms with van der Waals surface area (Å²) >= 11 is 0. The van der Waals surface area contributed by atoms with Crippen molar-refractivity contribution in [2.75, 3.05) is 33.3 Å². The van der Waals surface area contributed by atoms with E-state index in [4.69, 9.17) is 4.74 Å². The van der Waals surface area contributed by atoms with E-state index >= 15 is 0 Å². The van der Waals surface area contributed by atoms with Crippen LogP contribution in [0.3, 0.4) is 0 Å². The normalized spacial score (nSPS) is 22.9. The summed E-state index contributed by atoms with van der Waals surface area (Å²) in [6.07, 6.45) is 0.940. The minimum Gasteiger partial charge on any atom is -0.468 e. The van der Waals surface area contributed by atoms with E-state index in [0.717, 1.165) is 32.6 Å². The third-order valence-corrected chi connectivity index (χ3v) is 3.52. The number of esters is 1. The number of carbonyl (C=O) groups excluding carboxylic acids is 1. The molecule has 0 amide bonds. The van der Waals surface area contributed by atoms with E-state index in [0.29, 0.717) is 6.04 Å². The minimum absolute atomic E-state index is 0.00411. The highest BCUT2D eigenvalue weighted by molar-refractivity contribution is 5.76. The molecule has 1 rings (SSSR count). The molecule has 0 saturated carbocycles. The number of nitrogens with zero attached hydrogens (tertiary/aromatic N) is 2. The number of carbonyl (C=O) groups is 1. The van der Waals surface area contributed by atoms with Crippen LogP contribution in [0.1, 0.15) is 27.2 Å². The molecule has 1 aliphatic heterocycles. The van der Waals surface area contributed by atoms with Crippen LogP contribution < -0.4 is 0 Å². The van der Waals surface area contributed by atoms with E-state index < -0.39 is 0 Å². The summed E-state index contributed by atoms with van der Waals surface area (Å²) in [5.74, 6) is -0.0855. The van der Waals surface area contributed by atoms with E-state index in [1.807, 2.05) is 0 Å². The fourth-order valence-electron chi connectivity index (χ4n) is 2.28. The van der Waals surface area contributed by atoms with Crippen molar-refractivity contribution >= 4 is 5.97 Å². The van der Waals surface area contributed by atoms with Crippen LogP contribution in [0, 0.1) is 0 Å². The number of rotatable bonds is 6. The Morgan fingerprint density at radius 2 is 2.12 bits per heavy atom. The van der Waals surface area contributed by atoms with Crippen molar-refractivity contribution in [2.24, 2.45) is 0 Å². The first-order valence-corrected chi connectivity index (χ1v) is 6.19. The van der Waals surface area contributed by atoms with Crippen molar-refractivity contribution in [3.63, 3.8) is 0 Å². The number of methoxy groups -OCH3 is 1. The average Bonchev–Trinajstić information content (AvgIpc) is 2.24. The number of ether oxygens (including phenoxy) is 1. The number of hydrogen-bond acceptors (Lipinski definition) is 4. The van der Waals surface area contributed by atoms with Gasteiger partial charge in [0.2, 0.25) is 0 Å². The van der Waals surface area contributed by atoms with Gasteiger partial charge in [0.25, 0.3) is 0 Å². The molecule has 4 nitrogen and oxygen atoms in total.